The minimum atomic E-state index is -0.164. The van der Waals surface area contributed by atoms with Gasteiger partial charge in [-0.1, -0.05) is 18.2 Å². The minimum absolute atomic E-state index is 0.0996. The molecule has 1 heterocycles. The first-order chi connectivity index (χ1) is 9.09. The van der Waals surface area contributed by atoms with E-state index in [4.69, 9.17) is 0 Å². The number of hydrogen-bond donors (Lipinski definition) is 2. The number of aromatic hydroxyl groups is 1. The molecule has 1 aromatic rings. The van der Waals surface area contributed by atoms with Gasteiger partial charge in [0.2, 0.25) is 5.91 Å². The van der Waals surface area contributed by atoms with Crippen molar-refractivity contribution < 1.29 is 9.90 Å². The first kappa shape index (κ1) is 13.8. The van der Waals surface area contributed by atoms with Gasteiger partial charge in [-0.2, -0.15) is 0 Å². The molecule has 1 atom stereocenters. The molecule has 0 aromatic heterocycles. The van der Waals surface area contributed by atoms with Crippen molar-refractivity contribution >= 4 is 5.91 Å². The van der Waals surface area contributed by atoms with Gasteiger partial charge in [-0.05, 0) is 6.07 Å². The van der Waals surface area contributed by atoms with Crippen LogP contribution in [-0.2, 0) is 11.3 Å². The topological polar surface area (TPSA) is 55.8 Å². The summed E-state index contributed by atoms with van der Waals surface area (Å²) in [6.07, 6.45) is 0. The van der Waals surface area contributed by atoms with Crippen LogP contribution in [-0.4, -0.2) is 60.6 Å². The average molecular weight is 263 g/mol. The number of nitrogens with one attached hydrogen (secondary N) is 1. The Morgan fingerprint density at radius 1 is 1.47 bits per heavy atom. The highest BCUT2D eigenvalue weighted by molar-refractivity contribution is 5.81. The molecule has 1 unspecified atom stereocenters. The second kappa shape index (κ2) is 6.04. The van der Waals surface area contributed by atoms with Crippen molar-refractivity contribution in [1.29, 1.82) is 0 Å². The van der Waals surface area contributed by atoms with E-state index in [-0.39, 0.29) is 17.7 Å². The van der Waals surface area contributed by atoms with Gasteiger partial charge in [0.1, 0.15) is 11.8 Å². The Hall–Kier alpha value is -1.59. The van der Waals surface area contributed by atoms with E-state index >= 15 is 0 Å². The zero-order chi connectivity index (χ0) is 13.8. The van der Waals surface area contributed by atoms with Crippen molar-refractivity contribution in [3.05, 3.63) is 29.8 Å². The first-order valence-corrected chi connectivity index (χ1v) is 6.52. The minimum Gasteiger partial charge on any atom is -0.508 e. The molecule has 0 saturated carbocycles. The first-order valence-electron chi connectivity index (χ1n) is 6.52. The van der Waals surface area contributed by atoms with E-state index in [2.05, 4.69) is 10.2 Å². The molecule has 1 saturated heterocycles. The molecule has 2 N–H and O–H groups in total. The standard InChI is InChI=1S/C14H21N3O2/c1-16(2)14(19)12-9-15-7-8-17(12)10-11-5-3-4-6-13(11)18/h3-6,12,15,18H,7-10H2,1-2H3. The van der Waals surface area contributed by atoms with E-state index in [0.29, 0.717) is 13.1 Å². The van der Waals surface area contributed by atoms with Crippen LogP contribution in [0.3, 0.4) is 0 Å². The zero-order valence-corrected chi connectivity index (χ0v) is 11.5. The summed E-state index contributed by atoms with van der Waals surface area (Å²) < 4.78 is 0. The molecule has 19 heavy (non-hydrogen) atoms. The van der Waals surface area contributed by atoms with Gasteiger partial charge >= 0.3 is 0 Å². The number of phenols is 1. The van der Waals surface area contributed by atoms with Gasteiger partial charge in [0.25, 0.3) is 0 Å². The Kier molecular flexibility index (Phi) is 4.39. The maximum atomic E-state index is 12.2. The molecule has 1 amide bonds. The van der Waals surface area contributed by atoms with E-state index in [1.165, 1.54) is 0 Å². The molecule has 0 bridgehead atoms. The van der Waals surface area contributed by atoms with E-state index in [1.54, 1.807) is 31.1 Å². The van der Waals surface area contributed by atoms with Crippen LogP contribution in [0.4, 0.5) is 0 Å². The highest BCUT2D eigenvalue weighted by atomic mass is 16.3. The zero-order valence-electron chi connectivity index (χ0n) is 11.5. The molecule has 0 radical (unpaired) electrons. The summed E-state index contributed by atoms with van der Waals surface area (Å²) in [6.45, 7) is 2.92. The quantitative estimate of drug-likeness (QED) is 0.821. The summed E-state index contributed by atoms with van der Waals surface area (Å²) in [5, 5.41) is 13.1. The number of rotatable bonds is 3. The second-order valence-electron chi connectivity index (χ2n) is 5.05. The number of para-hydroxylation sites is 1. The van der Waals surface area contributed by atoms with Gasteiger partial charge in [-0.3, -0.25) is 9.69 Å². The van der Waals surface area contributed by atoms with Crippen LogP contribution in [0.1, 0.15) is 5.56 Å². The SMILES string of the molecule is CN(C)C(=O)C1CNCCN1Cc1ccccc1O. The summed E-state index contributed by atoms with van der Waals surface area (Å²) in [6, 6.07) is 7.12. The van der Waals surface area contributed by atoms with Gasteiger partial charge in [-0.25, -0.2) is 0 Å². The molecule has 1 aliphatic rings. The molecule has 5 heteroatoms. The highest BCUT2D eigenvalue weighted by Crippen LogP contribution is 2.19. The summed E-state index contributed by atoms with van der Waals surface area (Å²) in [4.78, 5) is 15.9. The molecule has 5 nitrogen and oxygen atoms in total. The average Bonchev–Trinajstić information content (AvgIpc) is 2.41. The lowest BCUT2D eigenvalue weighted by molar-refractivity contribution is -0.135. The summed E-state index contributed by atoms with van der Waals surface area (Å²) >= 11 is 0. The van der Waals surface area contributed by atoms with Crippen molar-refractivity contribution in [3.63, 3.8) is 0 Å². The Labute approximate surface area is 113 Å². The monoisotopic (exact) mass is 263 g/mol. The van der Waals surface area contributed by atoms with Crippen LogP contribution in [0.5, 0.6) is 5.75 Å². The van der Waals surface area contributed by atoms with Gasteiger partial charge in [-0.15, -0.1) is 0 Å². The van der Waals surface area contributed by atoms with Crippen molar-refractivity contribution in [2.24, 2.45) is 0 Å². The van der Waals surface area contributed by atoms with Gasteiger partial charge in [0.15, 0.2) is 0 Å². The fraction of sp³-hybridized carbons (Fsp3) is 0.500. The maximum absolute atomic E-state index is 12.2. The van der Waals surface area contributed by atoms with Crippen LogP contribution in [0.2, 0.25) is 0 Å². The number of benzene rings is 1. The fourth-order valence-electron chi connectivity index (χ4n) is 2.34. The Bertz CT molecular complexity index is 448. The number of piperazine rings is 1. The number of hydrogen-bond acceptors (Lipinski definition) is 4. The number of likely N-dealkylation sites (N-methyl/N-ethyl adjacent to an activating group) is 1. The fourth-order valence-corrected chi connectivity index (χ4v) is 2.34. The van der Waals surface area contributed by atoms with Crippen molar-refractivity contribution in [2.75, 3.05) is 33.7 Å². The third kappa shape index (κ3) is 3.24. The van der Waals surface area contributed by atoms with Crippen molar-refractivity contribution in [3.8, 4) is 5.75 Å². The number of carbonyl (C=O) groups excluding carboxylic acids is 1. The number of phenolic OH excluding ortho intramolecular Hbond substituents is 1. The van der Waals surface area contributed by atoms with Crippen LogP contribution >= 0.6 is 0 Å². The second-order valence-corrected chi connectivity index (χ2v) is 5.05. The Balaban J connectivity index is 2.12. The molecular formula is C14H21N3O2. The molecule has 1 aromatic carbocycles. The summed E-state index contributed by atoms with van der Waals surface area (Å²) in [5.74, 6) is 0.389. The van der Waals surface area contributed by atoms with Gasteiger partial charge in [0.05, 0.1) is 0 Å². The van der Waals surface area contributed by atoms with Gasteiger partial charge in [0, 0.05) is 45.8 Å². The third-order valence-corrected chi connectivity index (χ3v) is 3.45. The summed E-state index contributed by atoms with van der Waals surface area (Å²) in [5.41, 5.74) is 0.862. The van der Waals surface area contributed by atoms with Crippen molar-refractivity contribution in [2.45, 2.75) is 12.6 Å². The van der Waals surface area contributed by atoms with Crippen LogP contribution < -0.4 is 5.32 Å². The Morgan fingerprint density at radius 3 is 2.89 bits per heavy atom. The number of nitrogens with zero attached hydrogens (tertiary/aromatic N) is 2. The summed E-state index contributed by atoms with van der Waals surface area (Å²) in [7, 11) is 3.55. The number of amides is 1. The number of carbonyl (C=O) groups is 1. The normalized spacial score (nSPS) is 20.2. The van der Waals surface area contributed by atoms with Gasteiger partial charge < -0.3 is 15.3 Å². The highest BCUT2D eigenvalue weighted by Gasteiger charge is 2.29. The predicted molar refractivity (Wildman–Crippen MR) is 73.9 cm³/mol. The van der Waals surface area contributed by atoms with E-state index in [1.807, 2.05) is 12.1 Å². The lowest BCUT2D eigenvalue weighted by Crippen LogP contribution is -2.57. The molecule has 2 rings (SSSR count). The molecular weight excluding hydrogens is 242 g/mol. The van der Waals surface area contributed by atoms with E-state index in [0.717, 1.165) is 18.7 Å². The molecule has 0 aliphatic carbocycles. The van der Waals surface area contributed by atoms with E-state index < -0.39 is 0 Å². The van der Waals surface area contributed by atoms with Crippen LogP contribution in [0, 0.1) is 0 Å². The molecule has 1 fully saturated rings. The molecule has 1 aliphatic heterocycles. The van der Waals surface area contributed by atoms with Crippen LogP contribution in [0.25, 0.3) is 0 Å². The maximum Gasteiger partial charge on any atom is 0.240 e. The third-order valence-electron chi connectivity index (χ3n) is 3.45. The lowest BCUT2D eigenvalue weighted by atomic mass is 10.1. The smallest absolute Gasteiger partial charge is 0.240 e. The van der Waals surface area contributed by atoms with Crippen molar-refractivity contribution in [1.82, 2.24) is 15.1 Å². The van der Waals surface area contributed by atoms with E-state index in [9.17, 15) is 9.90 Å². The lowest BCUT2D eigenvalue weighted by Gasteiger charge is -2.36. The Morgan fingerprint density at radius 2 is 2.21 bits per heavy atom. The van der Waals surface area contributed by atoms with Crippen LogP contribution in [0.15, 0.2) is 24.3 Å². The molecule has 0 spiro atoms. The largest absolute Gasteiger partial charge is 0.508 e. The predicted octanol–water partition coefficient (Wildman–Crippen LogP) is 0.254. The molecule has 104 valence electrons.